The first kappa shape index (κ1) is 33.7. The van der Waals surface area contributed by atoms with E-state index < -0.39 is 67.0 Å². The minimum Gasteiger partial charge on any atom is -0.488 e. The number of hydrogen-bond acceptors (Lipinski definition) is 11. The SMILES string of the molecule is CC(=O)OCC1O[C@@H](OC(=O)Cc2ccccc2)C(NC(=O)c2ccccc2OCc2ccccc2)C(OC(C)=O)[C@H]1OC(C)=O. The fourth-order valence-corrected chi connectivity index (χ4v) is 4.83. The van der Waals surface area contributed by atoms with Gasteiger partial charge in [0.2, 0.25) is 6.29 Å². The molecule has 46 heavy (non-hydrogen) atoms. The molecule has 0 spiro atoms. The van der Waals surface area contributed by atoms with Gasteiger partial charge in [-0.15, -0.1) is 0 Å². The maximum atomic E-state index is 13.8. The number of hydrogen-bond donors (Lipinski definition) is 1. The van der Waals surface area contributed by atoms with Gasteiger partial charge in [-0.1, -0.05) is 72.8 Å². The zero-order chi connectivity index (χ0) is 33.1. The molecule has 3 aromatic rings. The molecular formula is C34H35NO11. The highest BCUT2D eigenvalue weighted by Crippen LogP contribution is 2.29. The molecule has 0 radical (unpaired) electrons. The van der Waals surface area contributed by atoms with Crippen molar-refractivity contribution in [1.82, 2.24) is 5.32 Å². The second-order valence-electron chi connectivity index (χ2n) is 10.4. The molecule has 3 aromatic carbocycles. The first-order valence-electron chi connectivity index (χ1n) is 14.5. The third-order valence-corrected chi connectivity index (χ3v) is 6.81. The van der Waals surface area contributed by atoms with E-state index in [9.17, 15) is 24.0 Å². The Bertz CT molecular complexity index is 1510. The number of carbonyl (C=O) groups excluding carboxylic acids is 5. The van der Waals surface area contributed by atoms with Crippen LogP contribution in [0.25, 0.3) is 0 Å². The first-order valence-corrected chi connectivity index (χ1v) is 14.5. The summed E-state index contributed by atoms with van der Waals surface area (Å²) in [6.45, 7) is 3.18. The van der Waals surface area contributed by atoms with Crippen LogP contribution in [0.4, 0.5) is 0 Å². The van der Waals surface area contributed by atoms with Crippen molar-refractivity contribution < 1.29 is 52.4 Å². The van der Waals surface area contributed by atoms with Crippen molar-refractivity contribution in [3.8, 4) is 5.75 Å². The van der Waals surface area contributed by atoms with Crippen LogP contribution in [0.15, 0.2) is 84.9 Å². The molecule has 1 fully saturated rings. The lowest BCUT2D eigenvalue weighted by Gasteiger charge is -2.44. The number of rotatable bonds is 12. The van der Waals surface area contributed by atoms with Crippen LogP contribution in [-0.4, -0.2) is 67.0 Å². The van der Waals surface area contributed by atoms with Gasteiger partial charge in [0.1, 0.15) is 31.1 Å². The third kappa shape index (κ3) is 9.63. The minimum atomic E-state index is -1.56. The predicted molar refractivity (Wildman–Crippen MR) is 161 cm³/mol. The maximum absolute atomic E-state index is 13.8. The molecule has 0 aliphatic carbocycles. The van der Waals surface area contributed by atoms with Crippen molar-refractivity contribution in [3.05, 3.63) is 102 Å². The van der Waals surface area contributed by atoms with Crippen LogP contribution in [0, 0.1) is 0 Å². The highest BCUT2D eigenvalue weighted by Gasteiger charge is 2.52. The van der Waals surface area contributed by atoms with Gasteiger partial charge in [0.05, 0.1) is 12.0 Å². The summed E-state index contributed by atoms with van der Waals surface area (Å²) in [6, 6.07) is 23.2. The molecule has 1 heterocycles. The largest absolute Gasteiger partial charge is 0.488 e. The molecule has 3 unspecified atom stereocenters. The molecule has 4 rings (SSSR count). The van der Waals surface area contributed by atoms with Crippen molar-refractivity contribution in [2.45, 2.75) is 64.4 Å². The number of carbonyl (C=O) groups is 5. The summed E-state index contributed by atoms with van der Waals surface area (Å²) in [6.07, 6.45) is -5.72. The molecule has 1 aliphatic heterocycles. The number of para-hydroxylation sites is 1. The van der Waals surface area contributed by atoms with Gasteiger partial charge in [0.15, 0.2) is 12.2 Å². The summed E-state index contributed by atoms with van der Waals surface area (Å²) in [7, 11) is 0. The number of benzene rings is 3. The number of ether oxygens (including phenoxy) is 6. The molecule has 242 valence electrons. The fourth-order valence-electron chi connectivity index (χ4n) is 4.83. The maximum Gasteiger partial charge on any atom is 0.312 e. The van der Waals surface area contributed by atoms with Gasteiger partial charge < -0.3 is 33.7 Å². The Kier molecular flexibility index (Phi) is 11.8. The van der Waals surface area contributed by atoms with Crippen molar-refractivity contribution in [3.63, 3.8) is 0 Å². The first-order chi connectivity index (χ1) is 22.1. The Morgan fingerprint density at radius 1 is 0.696 bits per heavy atom. The smallest absolute Gasteiger partial charge is 0.312 e. The van der Waals surface area contributed by atoms with Crippen LogP contribution in [0.2, 0.25) is 0 Å². The predicted octanol–water partition coefficient (Wildman–Crippen LogP) is 3.30. The van der Waals surface area contributed by atoms with Crippen LogP contribution in [-0.2, 0) is 55.9 Å². The normalized spacial score (nSPS) is 20.5. The number of nitrogens with one attached hydrogen (secondary N) is 1. The second-order valence-corrected chi connectivity index (χ2v) is 10.4. The van der Waals surface area contributed by atoms with E-state index in [0.29, 0.717) is 5.56 Å². The van der Waals surface area contributed by atoms with Crippen molar-refractivity contribution >= 4 is 29.8 Å². The molecule has 12 heteroatoms. The van der Waals surface area contributed by atoms with E-state index >= 15 is 0 Å². The molecule has 1 amide bonds. The van der Waals surface area contributed by atoms with Crippen LogP contribution in [0.3, 0.4) is 0 Å². The molecule has 0 aromatic heterocycles. The standard InChI is InChI=1S/C34H35NO11/c1-21(36)41-20-28-31(43-22(2)37)32(44-23(3)38)30(34(45-28)46-29(39)18-24-12-6-4-7-13-24)35-33(40)26-16-10-11-17-27(26)42-19-25-14-8-5-9-15-25/h4-17,28,30-32,34H,18-20H2,1-3H3,(H,35,40)/t28?,30?,31-,32?,34-/m0/s1. The van der Waals surface area contributed by atoms with E-state index in [1.165, 1.54) is 13.0 Å². The number of esters is 4. The fraction of sp³-hybridized carbons (Fsp3) is 0.324. The summed E-state index contributed by atoms with van der Waals surface area (Å²) in [5, 5.41) is 2.74. The Morgan fingerprint density at radius 3 is 1.91 bits per heavy atom. The van der Waals surface area contributed by atoms with E-state index in [2.05, 4.69) is 5.32 Å². The van der Waals surface area contributed by atoms with E-state index in [1.807, 2.05) is 30.3 Å². The van der Waals surface area contributed by atoms with E-state index in [4.69, 9.17) is 28.4 Å². The lowest BCUT2D eigenvalue weighted by Crippen LogP contribution is -2.67. The molecule has 0 saturated carbocycles. The van der Waals surface area contributed by atoms with Gasteiger partial charge >= 0.3 is 23.9 Å². The van der Waals surface area contributed by atoms with Crippen LogP contribution in [0.5, 0.6) is 5.75 Å². The molecular weight excluding hydrogens is 598 g/mol. The summed E-state index contributed by atoms with van der Waals surface area (Å²) >= 11 is 0. The van der Waals surface area contributed by atoms with E-state index in [-0.39, 0.29) is 24.3 Å². The van der Waals surface area contributed by atoms with E-state index in [1.54, 1.807) is 48.5 Å². The Labute approximate surface area is 265 Å². The van der Waals surface area contributed by atoms with Gasteiger partial charge in [-0.2, -0.15) is 0 Å². The zero-order valence-electron chi connectivity index (χ0n) is 25.6. The quantitative estimate of drug-likeness (QED) is 0.231. The Balaban J connectivity index is 1.66. The average Bonchev–Trinajstić information content (AvgIpc) is 3.02. The van der Waals surface area contributed by atoms with Crippen molar-refractivity contribution in [1.29, 1.82) is 0 Å². The van der Waals surface area contributed by atoms with Crippen LogP contribution >= 0.6 is 0 Å². The highest BCUT2D eigenvalue weighted by atomic mass is 16.7. The third-order valence-electron chi connectivity index (χ3n) is 6.81. The summed E-state index contributed by atoms with van der Waals surface area (Å²) in [4.78, 5) is 63.1. The summed E-state index contributed by atoms with van der Waals surface area (Å²) in [5.41, 5.74) is 1.65. The second kappa shape index (κ2) is 16.2. The summed E-state index contributed by atoms with van der Waals surface area (Å²) in [5.74, 6) is -3.35. The zero-order valence-corrected chi connectivity index (χ0v) is 25.6. The van der Waals surface area contributed by atoms with Gasteiger partial charge in [0, 0.05) is 20.8 Å². The minimum absolute atomic E-state index is 0.125. The Hall–Kier alpha value is -5.23. The lowest BCUT2D eigenvalue weighted by atomic mass is 9.95. The average molecular weight is 634 g/mol. The molecule has 1 saturated heterocycles. The molecule has 0 bridgehead atoms. The molecule has 1 aliphatic rings. The molecule has 1 N–H and O–H groups in total. The van der Waals surface area contributed by atoms with Crippen LogP contribution in [0.1, 0.15) is 42.3 Å². The lowest BCUT2D eigenvalue weighted by molar-refractivity contribution is -0.270. The van der Waals surface area contributed by atoms with Crippen molar-refractivity contribution in [2.75, 3.05) is 6.61 Å². The monoisotopic (exact) mass is 633 g/mol. The highest BCUT2D eigenvalue weighted by molar-refractivity contribution is 5.97. The van der Waals surface area contributed by atoms with Gasteiger partial charge in [-0.05, 0) is 23.3 Å². The van der Waals surface area contributed by atoms with Crippen molar-refractivity contribution in [2.24, 2.45) is 0 Å². The van der Waals surface area contributed by atoms with E-state index in [0.717, 1.165) is 19.4 Å². The number of amides is 1. The van der Waals surface area contributed by atoms with Gasteiger partial charge in [-0.25, -0.2) is 0 Å². The Morgan fingerprint density at radius 2 is 1.28 bits per heavy atom. The summed E-state index contributed by atoms with van der Waals surface area (Å²) < 4.78 is 33.9. The van der Waals surface area contributed by atoms with Crippen LogP contribution < -0.4 is 10.1 Å². The topological polar surface area (TPSA) is 153 Å². The molecule has 5 atom stereocenters. The molecule has 12 nitrogen and oxygen atoms in total. The van der Waals surface area contributed by atoms with Gasteiger partial charge in [-0.3, -0.25) is 24.0 Å². The van der Waals surface area contributed by atoms with Gasteiger partial charge in [0.25, 0.3) is 5.91 Å².